The highest BCUT2D eigenvalue weighted by atomic mass is 32.2. The maximum absolute atomic E-state index is 13.1. The zero-order chi connectivity index (χ0) is 17.1. The van der Waals surface area contributed by atoms with Gasteiger partial charge in [0.15, 0.2) is 5.16 Å². The van der Waals surface area contributed by atoms with Gasteiger partial charge in [-0.05, 0) is 50.8 Å². The SMILES string of the molecule is Cc1cccc(-n2c(SCCN(C)C)nc3ccccc3c2=O)c1. The molecule has 4 nitrogen and oxygen atoms in total. The van der Waals surface area contributed by atoms with Crippen molar-refractivity contribution in [3.05, 3.63) is 64.4 Å². The van der Waals surface area contributed by atoms with Crippen LogP contribution >= 0.6 is 11.8 Å². The van der Waals surface area contributed by atoms with Gasteiger partial charge in [0.25, 0.3) is 5.56 Å². The molecule has 1 heterocycles. The molecule has 0 saturated heterocycles. The summed E-state index contributed by atoms with van der Waals surface area (Å²) >= 11 is 1.62. The third-order valence-electron chi connectivity index (χ3n) is 3.77. The molecule has 0 atom stereocenters. The van der Waals surface area contributed by atoms with Crippen LogP contribution in [-0.4, -0.2) is 40.8 Å². The van der Waals surface area contributed by atoms with Crippen LogP contribution in [-0.2, 0) is 0 Å². The van der Waals surface area contributed by atoms with Crippen LogP contribution in [0.2, 0.25) is 0 Å². The Balaban J connectivity index is 2.16. The average Bonchev–Trinajstić information content (AvgIpc) is 2.55. The van der Waals surface area contributed by atoms with Gasteiger partial charge in [0.05, 0.1) is 16.6 Å². The fourth-order valence-electron chi connectivity index (χ4n) is 2.52. The summed E-state index contributed by atoms with van der Waals surface area (Å²) in [4.78, 5) is 19.9. The van der Waals surface area contributed by atoms with E-state index in [9.17, 15) is 4.79 Å². The molecule has 0 unspecified atom stereocenters. The number of aryl methyl sites for hydroxylation is 1. The van der Waals surface area contributed by atoms with Crippen LogP contribution < -0.4 is 5.56 Å². The Labute approximate surface area is 146 Å². The quantitative estimate of drug-likeness (QED) is 0.528. The number of nitrogens with zero attached hydrogens (tertiary/aromatic N) is 3. The molecule has 0 amide bonds. The summed E-state index contributed by atoms with van der Waals surface area (Å²) in [6.45, 7) is 2.96. The smallest absolute Gasteiger partial charge is 0.266 e. The number of fused-ring (bicyclic) bond motifs is 1. The van der Waals surface area contributed by atoms with Gasteiger partial charge in [0.1, 0.15) is 0 Å². The van der Waals surface area contributed by atoms with Crippen LogP contribution in [0.3, 0.4) is 0 Å². The van der Waals surface area contributed by atoms with Crippen molar-refractivity contribution in [3.8, 4) is 5.69 Å². The van der Waals surface area contributed by atoms with Crippen molar-refractivity contribution in [1.82, 2.24) is 14.5 Å². The molecule has 0 aliphatic rings. The maximum atomic E-state index is 13.1. The van der Waals surface area contributed by atoms with E-state index in [2.05, 4.69) is 4.90 Å². The lowest BCUT2D eigenvalue weighted by Gasteiger charge is -2.14. The Hall–Kier alpha value is -2.11. The molecule has 0 radical (unpaired) electrons. The number of hydrogen-bond acceptors (Lipinski definition) is 4. The van der Waals surface area contributed by atoms with Crippen molar-refractivity contribution >= 4 is 22.7 Å². The summed E-state index contributed by atoms with van der Waals surface area (Å²) in [5.74, 6) is 0.879. The highest BCUT2D eigenvalue weighted by Gasteiger charge is 2.13. The molecule has 0 aliphatic carbocycles. The standard InChI is InChI=1S/C19H21N3OS/c1-14-7-6-8-15(13-14)22-18(23)16-9-4-5-10-17(16)20-19(22)24-12-11-21(2)3/h4-10,13H,11-12H2,1-3H3. The largest absolute Gasteiger partial charge is 0.309 e. The molecule has 0 aliphatic heterocycles. The molecule has 3 aromatic rings. The minimum Gasteiger partial charge on any atom is -0.309 e. The third-order valence-corrected chi connectivity index (χ3v) is 4.69. The van der Waals surface area contributed by atoms with Crippen molar-refractivity contribution in [2.24, 2.45) is 0 Å². The van der Waals surface area contributed by atoms with E-state index >= 15 is 0 Å². The molecular weight excluding hydrogens is 318 g/mol. The molecule has 0 fully saturated rings. The number of aromatic nitrogens is 2. The van der Waals surface area contributed by atoms with E-state index in [1.54, 1.807) is 16.3 Å². The predicted octanol–water partition coefficient (Wildman–Crippen LogP) is 3.35. The highest BCUT2D eigenvalue weighted by molar-refractivity contribution is 7.99. The summed E-state index contributed by atoms with van der Waals surface area (Å²) in [5.41, 5.74) is 2.72. The van der Waals surface area contributed by atoms with Crippen molar-refractivity contribution in [2.75, 3.05) is 26.4 Å². The topological polar surface area (TPSA) is 38.1 Å². The number of rotatable bonds is 5. The predicted molar refractivity (Wildman–Crippen MR) is 101 cm³/mol. The number of hydrogen-bond donors (Lipinski definition) is 0. The average molecular weight is 339 g/mol. The fourth-order valence-corrected chi connectivity index (χ4v) is 3.64. The Morgan fingerprint density at radius 2 is 1.92 bits per heavy atom. The molecule has 3 rings (SSSR count). The maximum Gasteiger partial charge on any atom is 0.266 e. The van der Waals surface area contributed by atoms with E-state index in [0.29, 0.717) is 5.39 Å². The summed E-state index contributed by atoms with van der Waals surface area (Å²) in [5, 5.41) is 1.39. The first kappa shape index (κ1) is 16.7. The van der Waals surface area contributed by atoms with E-state index in [-0.39, 0.29) is 5.56 Å². The van der Waals surface area contributed by atoms with Crippen molar-refractivity contribution in [2.45, 2.75) is 12.1 Å². The number of para-hydroxylation sites is 1. The Kier molecular flexibility index (Phi) is 5.02. The molecule has 1 aromatic heterocycles. The van der Waals surface area contributed by atoms with Crippen LogP contribution in [0.4, 0.5) is 0 Å². The van der Waals surface area contributed by atoms with Gasteiger partial charge in [-0.2, -0.15) is 0 Å². The summed E-state index contributed by atoms with van der Waals surface area (Å²) < 4.78 is 1.73. The summed E-state index contributed by atoms with van der Waals surface area (Å²) in [6.07, 6.45) is 0. The minimum atomic E-state index is -0.0152. The van der Waals surface area contributed by atoms with Crippen LogP contribution in [0.15, 0.2) is 58.5 Å². The van der Waals surface area contributed by atoms with Gasteiger partial charge in [-0.25, -0.2) is 4.98 Å². The molecule has 2 aromatic carbocycles. The van der Waals surface area contributed by atoms with E-state index in [1.807, 2.05) is 69.6 Å². The Bertz CT molecular complexity index is 918. The first-order chi connectivity index (χ1) is 11.6. The molecule has 0 saturated carbocycles. The highest BCUT2D eigenvalue weighted by Crippen LogP contribution is 2.21. The van der Waals surface area contributed by atoms with Crippen LogP contribution in [0.25, 0.3) is 16.6 Å². The zero-order valence-electron chi connectivity index (χ0n) is 14.2. The van der Waals surface area contributed by atoms with Gasteiger partial charge in [0, 0.05) is 12.3 Å². The molecule has 0 bridgehead atoms. The Morgan fingerprint density at radius 1 is 1.12 bits per heavy atom. The normalized spacial score (nSPS) is 11.3. The van der Waals surface area contributed by atoms with Crippen LogP contribution in [0.5, 0.6) is 0 Å². The van der Waals surface area contributed by atoms with E-state index in [1.165, 1.54) is 0 Å². The van der Waals surface area contributed by atoms with Gasteiger partial charge < -0.3 is 4.90 Å². The van der Waals surface area contributed by atoms with E-state index in [0.717, 1.165) is 34.2 Å². The number of benzene rings is 2. The molecule has 0 N–H and O–H groups in total. The lowest BCUT2D eigenvalue weighted by molar-refractivity contribution is 0.437. The second-order valence-corrected chi connectivity index (χ2v) is 7.10. The van der Waals surface area contributed by atoms with Gasteiger partial charge in [-0.1, -0.05) is 36.0 Å². The minimum absolute atomic E-state index is 0.0152. The second kappa shape index (κ2) is 7.20. The van der Waals surface area contributed by atoms with Gasteiger partial charge >= 0.3 is 0 Å². The van der Waals surface area contributed by atoms with E-state index < -0.39 is 0 Å². The molecule has 5 heteroatoms. The van der Waals surface area contributed by atoms with Crippen molar-refractivity contribution in [1.29, 1.82) is 0 Å². The fraction of sp³-hybridized carbons (Fsp3) is 0.263. The monoisotopic (exact) mass is 339 g/mol. The first-order valence-electron chi connectivity index (χ1n) is 7.92. The van der Waals surface area contributed by atoms with Crippen molar-refractivity contribution < 1.29 is 0 Å². The summed E-state index contributed by atoms with van der Waals surface area (Å²) in [6, 6.07) is 15.5. The van der Waals surface area contributed by atoms with Crippen molar-refractivity contribution in [3.63, 3.8) is 0 Å². The van der Waals surface area contributed by atoms with E-state index in [4.69, 9.17) is 4.98 Å². The summed E-state index contributed by atoms with van der Waals surface area (Å²) in [7, 11) is 4.09. The first-order valence-corrected chi connectivity index (χ1v) is 8.91. The molecule has 124 valence electrons. The van der Waals surface area contributed by atoms with Crippen LogP contribution in [0, 0.1) is 6.92 Å². The lowest BCUT2D eigenvalue weighted by Crippen LogP contribution is -2.22. The molecule has 0 spiro atoms. The van der Waals surface area contributed by atoms with Gasteiger partial charge in [-0.15, -0.1) is 0 Å². The Morgan fingerprint density at radius 3 is 2.67 bits per heavy atom. The second-order valence-electron chi connectivity index (χ2n) is 6.04. The van der Waals surface area contributed by atoms with Gasteiger partial charge in [-0.3, -0.25) is 9.36 Å². The third kappa shape index (κ3) is 3.52. The molecule has 24 heavy (non-hydrogen) atoms. The van der Waals surface area contributed by atoms with Gasteiger partial charge in [0.2, 0.25) is 0 Å². The number of thioether (sulfide) groups is 1. The lowest BCUT2D eigenvalue weighted by atomic mass is 10.2. The van der Waals surface area contributed by atoms with Crippen LogP contribution in [0.1, 0.15) is 5.56 Å². The molecular formula is C19H21N3OS. The zero-order valence-corrected chi connectivity index (χ0v) is 15.0.